The Bertz CT molecular complexity index is 3020. The molecule has 4 aliphatic heterocycles. The number of piperazine rings is 1. The van der Waals surface area contributed by atoms with Crippen LogP contribution in [0.1, 0.15) is 116 Å². The molecule has 3 atom stereocenters. The summed E-state index contributed by atoms with van der Waals surface area (Å²) < 4.78 is 21.3. The quantitative estimate of drug-likeness (QED) is 0.133. The minimum atomic E-state index is -0.842. The first-order valence-electron chi connectivity index (χ1n) is 25.4. The molecule has 0 unspecified atom stereocenters. The van der Waals surface area contributed by atoms with Crippen molar-refractivity contribution in [3.8, 4) is 11.1 Å². The molecule has 366 valence electrons. The largest absolute Gasteiger partial charge is 0.384 e. The van der Waals surface area contributed by atoms with Crippen LogP contribution in [0.2, 0.25) is 0 Å². The number of anilines is 1. The van der Waals surface area contributed by atoms with Crippen LogP contribution in [0.15, 0.2) is 77.9 Å². The van der Waals surface area contributed by atoms with Crippen LogP contribution in [0.25, 0.3) is 33.2 Å². The Balaban J connectivity index is 0.651. The maximum absolute atomic E-state index is 15.9. The zero-order valence-corrected chi connectivity index (χ0v) is 40.5. The fraction of sp³-hybridized carbons (Fsp3) is 0.481. The highest BCUT2D eigenvalue weighted by Crippen LogP contribution is 2.39. The number of hydrogen-bond acceptors (Lipinski definition) is 10. The lowest BCUT2D eigenvalue weighted by Gasteiger charge is -2.42. The molecule has 4 aromatic heterocycles. The Hall–Kier alpha value is -6.23. The molecule has 5 aliphatic rings. The Morgan fingerprint density at radius 1 is 0.857 bits per heavy atom. The number of nitrogen functional groups attached to an aromatic ring is 1. The lowest BCUT2D eigenvalue weighted by atomic mass is 9.88. The van der Waals surface area contributed by atoms with E-state index in [4.69, 9.17) is 10.7 Å². The van der Waals surface area contributed by atoms with Gasteiger partial charge < -0.3 is 15.2 Å². The van der Waals surface area contributed by atoms with E-state index < -0.39 is 17.8 Å². The Labute approximate surface area is 407 Å². The van der Waals surface area contributed by atoms with Crippen molar-refractivity contribution in [3.05, 3.63) is 112 Å². The molecule has 70 heavy (non-hydrogen) atoms. The smallest absolute Gasteiger partial charge is 0.330 e. The summed E-state index contributed by atoms with van der Waals surface area (Å²) in [4.78, 5) is 70.7. The van der Waals surface area contributed by atoms with Gasteiger partial charge in [0, 0.05) is 124 Å². The Morgan fingerprint density at radius 2 is 1.61 bits per heavy atom. The summed E-state index contributed by atoms with van der Waals surface area (Å²) in [6.45, 7) is 11.9. The van der Waals surface area contributed by atoms with Crippen LogP contribution in [0.3, 0.4) is 0 Å². The number of rotatable bonds is 11. The van der Waals surface area contributed by atoms with Crippen LogP contribution in [-0.4, -0.2) is 119 Å². The van der Waals surface area contributed by atoms with Gasteiger partial charge in [0.2, 0.25) is 11.8 Å². The molecule has 0 bridgehead atoms. The highest BCUT2D eigenvalue weighted by atomic mass is 19.1. The van der Waals surface area contributed by atoms with Crippen LogP contribution in [-0.2, 0) is 23.2 Å². The first kappa shape index (κ1) is 46.2. The van der Waals surface area contributed by atoms with Crippen LogP contribution in [0.5, 0.6) is 0 Å². The minimum Gasteiger partial charge on any atom is -0.384 e. The van der Waals surface area contributed by atoms with Gasteiger partial charge in [0.15, 0.2) is 0 Å². The lowest BCUT2D eigenvalue weighted by molar-refractivity contribution is -0.135. The Morgan fingerprint density at radius 3 is 2.31 bits per heavy atom. The van der Waals surface area contributed by atoms with Gasteiger partial charge in [0.25, 0.3) is 5.91 Å². The number of likely N-dealkylation sites (tertiary alicyclic amines) is 2. The van der Waals surface area contributed by atoms with E-state index in [0.29, 0.717) is 40.8 Å². The number of halogens is 1. The molecule has 1 saturated carbocycles. The van der Waals surface area contributed by atoms with E-state index in [9.17, 15) is 19.2 Å². The molecule has 0 spiro atoms. The third-order valence-corrected chi connectivity index (χ3v) is 16.3. The molecule has 6 aromatic rings. The number of fused-ring (bicyclic) bond motifs is 2. The van der Waals surface area contributed by atoms with Crippen LogP contribution in [0, 0.1) is 11.7 Å². The van der Waals surface area contributed by atoms with Gasteiger partial charge >= 0.3 is 5.69 Å². The van der Waals surface area contributed by atoms with Crippen LogP contribution < -0.4 is 16.7 Å². The van der Waals surface area contributed by atoms with E-state index in [-0.39, 0.29) is 48.5 Å². The maximum atomic E-state index is 15.9. The third-order valence-electron chi connectivity index (χ3n) is 16.3. The maximum Gasteiger partial charge on any atom is 0.330 e. The number of nitrogens with two attached hydrogens (primary N) is 1. The standard InChI is InChI=1S/C54H64FN11O4/c1-33-30-61(32-40-26-47-48(28-44(40)55)66(54(70)65(47)41-9-10-41)45-11-13-50(67)59-52(45)68)24-25-64(33)31-35-15-20-63(21-16-35)53(69)38-6-4-36(5-7-38)37-17-22-62(23-18-37)34(2)46-27-43-42(14-19-57-51(43)60(46)3)39-8-12-49(56)58-29-39/h4-8,12,14,19,26-29,33-35,37,41,45H,9-11,13,15-18,20-25,30-32H2,1-3H3,(H2,56,58)(H,59,67,68)/t33-,34-,45+/m0/s1. The number of amides is 3. The number of piperidine rings is 3. The number of pyridine rings is 2. The van der Waals surface area contributed by atoms with Crippen molar-refractivity contribution in [2.24, 2.45) is 13.0 Å². The SMILES string of the molecule is C[C@H]1CN(Cc2cc3c(cc2F)n([C@@H]2CCC(=O)NC2=O)c(=O)n3C2CC2)CCN1CC1CCN(C(=O)c2ccc(C3CCN([C@@H](C)c4cc5c(-c6ccc(N)nc6)ccnc5n4C)CC3)cc2)CC1. The molecule has 8 heterocycles. The van der Waals surface area contributed by atoms with Gasteiger partial charge in [-0.05, 0) is 137 Å². The first-order valence-corrected chi connectivity index (χ1v) is 25.4. The molecule has 16 heteroatoms. The highest BCUT2D eigenvalue weighted by Gasteiger charge is 2.37. The monoisotopic (exact) mass is 950 g/mol. The molecular weight excluding hydrogens is 886 g/mol. The second kappa shape index (κ2) is 18.8. The second-order valence-electron chi connectivity index (χ2n) is 20.8. The highest BCUT2D eigenvalue weighted by molar-refractivity contribution is 6.00. The van der Waals surface area contributed by atoms with E-state index in [2.05, 4.69) is 68.7 Å². The summed E-state index contributed by atoms with van der Waals surface area (Å²) >= 11 is 0. The van der Waals surface area contributed by atoms with Gasteiger partial charge in [0.05, 0.1) is 11.0 Å². The Kier molecular flexibility index (Phi) is 12.4. The zero-order valence-electron chi connectivity index (χ0n) is 40.5. The van der Waals surface area contributed by atoms with Crippen molar-refractivity contribution in [3.63, 3.8) is 0 Å². The topological polar surface area (TPSA) is 160 Å². The molecule has 1 aliphatic carbocycles. The second-order valence-corrected chi connectivity index (χ2v) is 20.8. The summed E-state index contributed by atoms with van der Waals surface area (Å²) in [5, 5.41) is 3.47. The summed E-state index contributed by atoms with van der Waals surface area (Å²) in [7, 11) is 2.11. The van der Waals surface area contributed by atoms with Crippen molar-refractivity contribution >= 4 is 45.6 Å². The van der Waals surface area contributed by atoms with Gasteiger partial charge in [-0.3, -0.25) is 43.5 Å². The van der Waals surface area contributed by atoms with Gasteiger partial charge in [-0.2, -0.15) is 0 Å². The zero-order chi connectivity index (χ0) is 48.4. The fourth-order valence-corrected chi connectivity index (χ4v) is 12.1. The number of nitrogens with zero attached hydrogens (tertiary/aromatic N) is 9. The van der Waals surface area contributed by atoms with Gasteiger partial charge in [-0.25, -0.2) is 19.2 Å². The molecule has 0 radical (unpaired) electrons. The van der Waals surface area contributed by atoms with Crippen molar-refractivity contribution in [1.29, 1.82) is 0 Å². The predicted octanol–water partition coefficient (Wildman–Crippen LogP) is 6.78. The normalized spacial score (nSPS) is 22.0. The number of imidazole rings is 1. The lowest BCUT2D eigenvalue weighted by Crippen LogP contribution is -2.53. The van der Waals surface area contributed by atoms with Crippen molar-refractivity contribution in [1.82, 2.24) is 48.6 Å². The van der Waals surface area contributed by atoms with E-state index in [1.807, 2.05) is 53.7 Å². The number of imide groups is 1. The van der Waals surface area contributed by atoms with E-state index in [0.717, 1.165) is 119 Å². The van der Waals surface area contributed by atoms with Gasteiger partial charge in [-0.15, -0.1) is 0 Å². The van der Waals surface area contributed by atoms with E-state index in [1.165, 1.54) is 21.9 Å². The number of carbonyl (C=O) groups is 3. The molecule has 3 N–H and O–H groups in total. The number of carbonyl (C=O) groups excluding carboxylic acids is 3. The summed E-state index contributed by atoms with van der Waals surface area (Å²) in [5.74, 6) is 0.318. The molecule has 3 amide bonds. The molecule has 15 nitrogen and oxygen atoms in total. The number of nitrogens with one attached hydrogen (secondary N) is 1. The van der Waals surface area contributed by atoms with Gasteiger partial charge in [-0.1, -0.05) is 12.1 Å². The summed E-state index contributed by atoms with van der Waals surface area (Å²) in [6, 6.07) is 19.5. The fourth-order valence-electron chi connectivity index (χ4n) is 12.1. The molecular formula is C54H64FN11O4. The average molecular weight is 950 g/mol. The summed E-state index contributed by atoms with van der Waals surface area (Å²) in [6.07, 6.45) is 9.85. The number of aromatic nitrogens is 5. The van der Waals surface area contributed by atoms with Gasteiger partial charge in [0.1, 0.15) is 23.3 Å². The number of benzene rings is 2. The average Bonchev–Trinajstić information content (AvgIpc) is 4.09. The number of hydrogen-bond donors (Lipinski definition) is 2. The van der Waals surface area contributed by atoms with Crippen molar-refractivity contribution in [2.75, 3.05) is 58.1 Å². The minimum absolute atomic E-state index is 0.0382. The third kappa shape index (κ3) is 8.83. The van der Waals surface area contributed by atoms with Crippen LogP contribution >= 0.6 is 0 Å². The molecule has 11 rings (SSSR count). The predicted molar refractivity (Wildman–Crippen MR) is 268 cm³/mol. The van der Waals surface area contributed by atoms with Crippen molar-refractivity contribution < 1.29 is 18.8 Å². The van der Waals surface area contributed by atoms with E-state index >= 15 is 4.39 Å². The van der Waals surface area contributed by atoms with E-state index in [1.54, 1.807) is 4.57 Å². The summed E-state index contributed by atoms with van der Waals surface area (Å²) in [5.41, 5.74) is 13.6. The molecule has 2 aromatic carbocycles. The van der Waals surface area contributed by atoms with Crippen molar-refractivity contribution in [2.45, 2.75) is 102 Å². The number of aryl methyl sites for hydroxylation is 1. The molecule has 5 fully saturated rings. The first-order chi connectivity index (χ1) is 33.9. The molecule has 4 saturated heterocycles. The van der Waals surface area contributed by atoms with Crippen LogP contribution in [0.4, 0.5) is 10.2 Å².